The van der Waals surface area contributed by atoms with Gasteiger partial charge >= 0.3 is 0 Å². The number of fused-ring (bicyclic) bond motifs is 1. The Bertz CT molecular complexity index is 1230. The molecule has 0 spiro atoms. The number of hydrogen-bond acceptors (Lipinski definition) is 7. The van der Waals surface area contributed by atoms with Crippen LogP contribution in [-0.4, -0.2) is 35.8 Å². The van der Waals surface area contributed by atoms with Crippen molar-refractivity contribution < 1.29 is 13.7 Å². The summed E-state index contributed by atoms with van der Waals surface area (Å²) in [6, 6.07) is 6.28. The molecule has 1 aliphatic rings. The summed E-state index contributed by atoms with van der Waals surface area (Å²) >= 11 is 0. The first-order valence-corrected chi connectivity index (χ1v) is 9.14. The van der Waals surface area contributed by atoms with Crippen molar-refractivity contribution in [1.29, 1.82) is 0 Å². The molecule has 0 unspecified atom stereocenters. The lowest BCUT2D eigenvalue weighted by molar-refractivity contribution is 0.110. The SMILES string of the molecule is Cn1cnc2ncn(Cc3nc([C@@H]4CO[C@@H](c5ccc(F)cc5)C4)no3)c(=O)c21. The summed E-state index contributed by atoms with van der Waals surface area (Å²) in [5.74, 6) is 0.542. The second-order valence-corrected chi connectivity index (χ2v) is 7.06. The van der Waals surface area contributed by atoms with Gasteiger partial charge in [-0.2, -0.15) is 4.98 Å². The molecule has 1 aromatic carbocycles. The largest absolute Gasteiger partial charge is 0.373 e. The van der Waals surface area contributed by atoms with E-state index in [1.165, 1.54) is 23.0 Å². The Balaban J connectivity index is 1.32. The van der Waals surface area contributed by atoms with Gasteiger partial charge in [-0.15, -0.1) is 0 Å². The fraction of sp³-hybridized carbons (Fsp3) is 0.316. The number of aryl methyl sites for hydroxylation is 1. The highest BCUT2D eigenvalue weighted by Gasteiger charge is 2.31. The molecule has 4 aromatic rings. The third-order valence-electron chi connectivity index (χ3n) is 5.09. The van der Waals surface area contributed by atoms with Gasteiger partial charge in [-0.1, -0.05) is 17.3 Å². The summed E-state index contributed by atoms with van der Waals surface area (Å²) in [6.07, 6.45) is 3.51. The molecule has 5 rings (SSSR count). The van der Waals surface area contributed by atoms with Crippen molar-refractivity contribution in [2.75, 3.05) is 6.61 Å². The van der Waals surface area contributed by atoms with E-state index in [1.54, 1.807) is 30.1 Å². The molecular weight excluding hydrogens is 379 g/mol. The number of aromatic nitrogens is 6. The monoisotopic (exact) mass is 396 g/mol. The van der Waals surface area contributed by atoms with Crippen molar-refractivity contribution in [3.63, 3.8) is 0 Å². The predicted molar refractivity (Wildman–Crippen MR) is 98.6 cm³/mol. The molecule has 0 amide bonds. The van der Waals surface area contributed by atoms with Gasteiger partial charge in [0.2, 0.25) is 5.89 Å². The molecule has 29 heavy (non-hydrogen) atoms. The number of benzene rings is 1. The van der Waals surface area contributed by atoms with Crippen LogP contribution in [0.5, 0.6) is 0 Å². The van der Waals surface area contributed by atoms with Crippen molar-refractivity contribution in [2.45, 2.75) is 25.0 Å². The van der Waals surface area contributed by atoms with Gasteiger partial charge in [0, 0.05) is 13.0 Å². The maximum absolute atomic E-state index is 13.1. The summed E-state index contributed by atoms with van der Waals surface area (Å²) in [4.78, 5) is 25.3. The van der Waals surface area contributed by atoms with Crippen LogP contribution in [0.25, 0.3) is 11.2 Å². The van der Waals surface area contributed by atoms with E-state index in [2.05, 4.69) is 20.1 Å². The van der Waals surface area contributed by atoms with E-state index >= 15 is 0 Å². The van der Waals surface area contributed by atoms with Crippen LogP contribution >= 0.6 is 0 Å². The summed E-state index contributed by atoms with van der Waals surface area (Å²) in [6.45, 7) is 0.568. The Morgan fingerprint density at radius 2 is 2.00 bits per heavy atom. The molecule has 1 aliphatic heterocycles. The molecule has 0 radical (unpaired) electrons. The van der Waals surface area contributed by atoms with E-state index in [0.717, 1.165) is 5.56 Å². The Morgan fingerprint density at radius 1 is 1.21 bits per heavy atom. The molecular formula is C19H17FN6O3. The van der Waals surface area contributed by atoms with Crippen LogP contribution in [0.15, 0.2) is 46.2 Å². The highest BCUT2D eigenvalue weighted by atomic mass is 19.1. The summed E-state index contributed by atoms with van der Waals surface area (Å²) in [7, 11) is 1.74. The zero-order valence-corrected chi connectivity index (χ0v) is 15.5. The quantitative estimate of drug-likeness (QED) is 0.520. The van der Waals surface area contributed by atoms with Gasteiger partial charge in [-0.3, -0.25) is 9.36 Å². The lowest BCUT2D eigenvalue weighted by atomic mass is 10.00. The first-order chi connectivity index (χ1) is 14.1. The Morgan fingerprint density at radius 3 is 2.83 bits per heavy atom. The van der Waals surface area contributed by atoms with Crippen molar-refractivity contribution in [3.05, 3.63) is 70.4 Å². The number of rotatable bonds is 4. The summed E-state index contributed by atoms with van der Waals surface area (Å²) in [5, 5.41) is 4.06. The van der Waals surface area contributed by atoms with Gasteiger partial charge in [0.25, 0.3) is 5.56 Å². The first-order valence-electron chi connectivity index (χ1n) is 9.14. The van der Waals surface area contributed by atoms with Gasteiger partial charge in [0.1, 0.15) is 18.7 Å². The van der Waals surface area contributed by atoms with Crippen LogP contribution < -0.4 is 5.56 Å². The van der Waals surface area contributed by atoms with Crippen LogP contribution in [0.2, 0.25) is 0 Å². The summed E-state index contributed by atoms with van der Waals surface area (Å²) < 4.78 is 27.3. The van der Waals surface area contributed by atoms with Gasteiger partial charge < -0.3 is 13.8 Å². The van der Waals surface area contributed by atoms with E-state index < -0.39 is 0 Å². The average Bonchev–Trinajstić information content (AvgIpc) is 3.45. The zero-order valence-electron chi connectivity index (χ0n) is 15.5. The minimum atomic E-state index is -0.278. The van der Waals surface area contributed by atoms with E-state index in [9.17, 15) is 9.18 Å². The molecule has 1 saturated heterocycles. The van der Waals surface area contributed by atoms with Crippen molar-refractivity contribution in [3.8, 4) is 0 Å². The van der Waals surface area contributed by atoms with Crippen LogP contribution in [0.1, 0.15) is 35.7 Å². The van der Waals surface area contributed by atoms with Gasteiger partial charge in [-0.25, -0.2) is 14.4 Å². The van der Waals surface area contributed by atoms with Crippen molar-refractivity contribution in [2.24, 2.45) is 7.05 Å². The number of nitrogens with zero attached hydrogens (tertiary/aromatic N) is 6. The van der Waals surface area contributed by atoms with Crippen LogP contribution in [-0.2, 0) is 18.3 Å². The van der Waals surface area contributed by atoms with E-state index in [-0.39, 0.29) is 29.9 Å². The second-order valence-electron chi connectivity index (χ2n) is 7.06. The van der Waals surface area contributed by atoms with E-state index in [1.807, 2.05) is 0 Å². The molecule has 0 N–H and O–H groups in total. The third kappa shape index (κ3) is 3.21. The maximum atomic E-state index is 13.1. The van der Waals surface area contributed by atoms with Gasteiger partial charge in [0.15, 0.2) is 17.0 Å². The van der Waals surface area contributed by atoms with Crippen molar-refractivity contribution >= 4 is 11.2 Å². The average molecular weight is 396 g/mol. The third-order valence-corrected chi connectivity index (χ3v) is 5.09. The number of ether oxygens (including phenoxy) is 1. The molecule has 0 aliphatic carbocycles. The minimum Gasteiger partial charge on any atom is -0.373 e. The van der Waals surface area contributed by atoms with E-state index in [4.69, 9.17) is 9.26 Å². The maximum Gasteiger partial charge on any atom is 0.280 e. The normalized spacial score (nSPS) is 19.2. The van der Waals surface area contributed by atoms with Gasteiger partial charge in [0.05, 0.1) is 19.0 Å². The predicted octanol–water partition coefficient (Wildman–Crippen LogP) is 1.95. The van der Waals surface area contributed by atoms with Gasteiger partial charge in [-0.05, 0) is 24.1 Å². The standard InChI is InChI=1S/C19H17FN6O3/c1-25-9-21-18-16(25)19(27)26(10-22-18)7-15-23-17(24-29-15)12-6-14(28-8-12)11-2-4-13(20)5-3-11/h2-5,9-10,12,14H,6-8H2,1H3/t12-,14+/m0/s1. The summed E-state index contributed by atoms with van der Waals surface area (Å²) in [5.41, 5.74) is 1.50. The Labute approximate surface area is 163 Å². The highest BCUT2D eigenvalue weighted by molar-refractivity contribution is 5.68. The molecule has 2 atom stereocenters. The van der Waals surface area contributed by atoms with E-state index in [0.29, 0.717) is 35.9 Å². The molecule has 4 heterocycles. The fourth-order valence-electron chi connectivity index (χ4n) is 3.54. The molecule has 9 nitrogen and oxygen atoms in total. The first kappa shape index (κ1) is 17.7. The second kappa shape index (κ2) is 6.89. The number of hydrogen-bond donors (Lipinski definition) is 0. The number of halogens is 1. The fourth-order valence-corrected chi connectivity index (χ4v) is 3.54. The zero-order chi connectivity index (χ0) is 20.0. The molecule has 1 fully saturated rings. The smallest absolute Gasteiger partial charge is 0.280 e. The lowest BCUT2D eigenvalue weighted by Crippen LogP contribution is -2.22. The number of imidazole rings is 1. The molecule has 10 heteroatoms. The molecule has 148 valence electrons. The molecule has 3 aromatic heterocycles. The Hall–Kier alpha value is -3.40. The Kier molecular flexibility index (Phi) is 4.20. The van der Waals surface area contributed by atoms with Crippen LogP contribution in [0.3, 0.4) is 0 Å². The molecule has 0 bridgehead atoms. The van der Waals surface area contributed by atoms with Crippen LogP contribution in [0, 0.1) is 5.82 Å². The lowest BCUT2D eigenvalue weighted by Gasteiger charge is -2.08. The highest BCUT2D eigenvalue weighted by Crippen LogP contribution is 2.37. The van der Waals surface area contributed by atoms with Crippen LogP contribution in [0.4, 0.5) is 4.39 Å². The minimum absolute atomic E-state index is 0.0306. The molecule has 0 saturated carbocycles. The topological polar surface area (TPSA) is 101 Å². The van der Waals surface area contributed by atoms with Crippen molar-refractivity contribution in [1.82, 2.24) is 29.2 Å².